The van der Waals surface area contributed by atoms with Crippen LogP contribution in [0.1, 0.15) is 28.9 Å². The zero-order valence-electron chi connectivity index (χ0n) is 8.71. The second-order valence-corrected chi connectivity index (χ2v) is 3.42. The number of carbonyl (C=O) groups is 1. The molecule has 0 amide bonds. The molecular formula is C11H12N2O3. The van der Waals surface area contributed by atoms with Crippen LogP contribution in [-0.4, -0.2) is 22.1 Å². The number of Topliss-reactive ketones (excluding diaryl/α,β-unsaturated/α-hetero) is 1. The Morgan fingerprint density at radius 1 is 1.50 bits per heavy atom. The molecule has 1 aromatic carbocycles. The SMILES string of the molecule is CC(=O)c1ccc(C(O)C(O)C#N)c(N)c1. The van der Waals surface area contributed by atoms with Crippen LogP contribution < -0.4 is 5.73 Å². The highest BCUT2D eigenvalue weighted by Gasteiger charge is 2.20. The van der Waals surface area contributed by atoms with Crippen LogP contribution in [0, 0.1) is 11.3 Å². The highest BCUT2D eigenvalue weighted by Crippen LogP contribution is 2.24. The molecule has 0 aliphatic carbocycles. The largest absolute Gasteiger partial charge is 0.398 e. The van der Waals surface area contributed by atoms with Gasteiger partial charge in [0.05, 0.1) is 6.07 Å². The molecule has 2 atom stereocenters. The molecule has 0 saturated carbocycles. The van der Waals surface area contributed by atoms with Gasteiger partial charge in [0, 0.05) is 16.8 Å². The standard InChI is InChI=1S/C11H12N2O3/c1-6(14)7-2-3-8(9(13)4-7)11(16)10(15)5-12/h2-4,10-11,15-16H,13H2,1H3. The van der Waals surface area contributed by atoms with Crippen molar-refractivity contribution in [3.05, 3.63) is 29.3 Å². The van der Waals surface area contributed by atoms with Gasteiger partial charge in [-0.05, 0) is 13.0 Å². The molecule has 1 rings (SSSR count). The number of rotatable bonds is 3. The molecule has 0 fully saturated rings. The number of carbonyl (C=O) groups excluding carboxylic acids is 1. The molecular weight excluding hydrogens is 208 g/mol. The number of nitriles is 1. The van der Waals surface area contributed by atoms with E-state index in [4.69, 9.17) is 16.1 Å². The third kappa shape index (κ3) is 2.37. The summed E-state index contributed by atoms with van der Waals surface area (Å²) in [4.78, 5) is 11.0. The molecule has 0 saturated heterocycles. The minimum atomic E-state index is -1.54. The molecule has 4 N–H and O–H groups in total. The van der Waals surface area contributed by atoms with Crippen LogP contribution in [0.4, 0.5) is 5.69 Å². The number of anilines is 1. The lowest BCUT2D eigenvalue weighted by atomic mass is 10.00. The van der Waals surface area contributed by atoms with E-state index in [-0.39, 0.29) is 17.0 Å². The molecule has 0 aliphatic heterocycles. The van der Waals surface area contributed by atoms with Gasteiger partial charge >= 0.3 is 0 Å². The summed E-state index contributed by atoms with van der Waals surface area (Å²) < 4.78 is 0. The van der Waals surface area contributed by atoms with Gasteiger partial charge in [0.15, 0.2) is 11.9 Å². The minimum absolute atomic E-state index is 0.145. The topological polar surface area (TPSA) is 107 Å². The second-order valence-electron chi connectivity index (χ2n) is 3.42. The van der Waals surface area contributed by atoms with Crippen LogP contribution in [0.15, 0.2) is 18.2 Å². The first kappa shape index (κ1) is 12.2. The van der Waals surface area contributed by atoms with Crippen molar-refractivity contribution in [3.8, 4) is 6.07 Å². The van der Waals surface area contributed by atoms with Gasteiger partial charge < -0.3 is 15.9 Å². The summed E-state index contributed by atoms with van der Waals surface area (Å²) in [5.41, 5.74) is 6.45. The maximum Gasteiger partial charge on any atom is 0.170 e. The van der Waals surface area contributed by atoms with Gasteiger partial charge in [0.2, 0.25) is 0 Å². The van der Waals surface area contributed by atoms with Crippen LogP contribution >= 0.6 is 0 Å². The molecule has 0 aromatic heterocycles. The Labute approximate surface area is 92.7 Å². The Hall–Kier alpha value is -1.90. The van der Waals surface area contributed by atoms with Gasteiger partial charge in [0.1, 0.15) is 6.10 Å². The molecule has 0 spiro atoms. The molecule has 5 nitrogen and oxygen atoms in total. The Morgan fingerprint density at radius 3 is 2.56 bits per heavy atom. The van der Waals surface area contributed by atoms with Gasteiger partial charge in [-0.15, -0.1) is 0 Å². The smallest absolute Gasteiger partial charge is 0.170 e. The Kier molecular flexibility index (Phi) is 3.61. The molecule has 5 heteroatoms. The summed E-state index contributed by atoms with van der Waals surface area (Å²) in [6.45, 7) is 1.40. The summed E-state index contributed by atoms with van der Waals surface area (Å²) in [6.07, 6.45) is -2.91. The average Bonchev–Trinajstić information content (AvgIpc) is 2.26. The van der Waals surface area contributed by atoms with E-state index in [1.54, 1.807) is 0 Å². The molecule has 0 aliphatic rings. The van der Waals surface area contributed by atoms with E-state index in [2.05, 4.69) is 0 Å². The number of nitrogen functional groups attached to an aromatic ring is 1. The van der Waals surface area contributed by atoms with Crippen molar-refractivity contribution < 1.29 is 15.0 Å². The number of hydrogen-bond acceptors (Lipinski definition) is 5. The predicted octanol–water partition coefficient (Wildman–Crippen LogP) is 0.389. The van der Waals surface area contributed by atoms with Crippen molar-refractivity contribution in [1.82, 2.24) is 0 Å². The Balaban J connectivity index is 3.09. The number of ketones is 1. The molecule has 2 unspecified atom stereocenters. The first-order valence-electron chi connectivity index (χ1n) is 4.63. The highest BCUT2D eigenvalue weighted by atomic mass is 16.3. The van der Waals surface area contributed by atoms with Crippen LogP contribution in [-0.2, 0) is 0 Å². The van der Waals surface area contributed by atoms with Gasteiger partial charge in [-0.3, -0.25) is 4.79 Å². The molecule has 0 radical (unpaired) electrons. The minimum Gasteiger partial charge on any atom is -0.398 e. The van der Waals surface area contributed by atoms with Crippen molar-refractivity contribution >= 4 is 11.5 Å². The van der Waals surface area contributed by atoms with Crippen LogP contribution in [0.2, 0.25) is 0 Å². The third-order valence-corrected chi connectivity index (χ3v) is 2.24. The van der Waals surface area contributed by atoms with E-state index in [0.717, 1.165) is 0 Å². The zero-order valence-corrected chi connectivity index (χ0v) is 8.71. The number of aliphatic hydroxyl groups is 2. The number of hydrogen-bond donors (Lipinski definition) is 3. The summed E-state index contributed by atoms with van der Waals surface area (Å²) in [7, 11) is 0. The number of aliphatic hydroxyl groups excluding tert-OH is 2. The second kappa shape index (κ2) is 4.75. The van der Waals surface area contributed by atoms with Crippen LogP contribution in [0.5, 0.6) is 0 Å². The summed E-state index contributed by atoms with van der Waals surface area (Å²) in [6, 6.07) is 5.83. The fourth-order valence-electron chi connectivity index (χ4n) is 1.30. The van der Waals surface area contributed by atoms with E-state index in [9.17, 15) is 9.90 Å². The lowest BCUT2D eigenvalue weighted by Crippen LogP contribution is -2.17. The Morgan fingerprint density at radius 2 is 2.12 bits per heavy atom. The van der Waals surface area contributed by atoms with Crippen LogP contribution in [0.3, 0.4) is 0 Å². The molecule has 0 heterocycles. The van der Waals surface area contributed by atoms with E-state index < -0.39 is 12.2 Å². The molecule has 16 heavy (non-hydrogen) atoms. The van der Waals surface area contributed by atoms with Gasteiger partial charge in [-0.2, -0.15) is 5.26 Å². The maximum absolute atomic E-state index is 11.0. The van der Waals surface area contributed by atoms with Gasteiger partial charge in [-0.25, -0.2) is 0 Å². The number of benzene rings is 1. The monoisotopic (exact) mass is 220 g/mol. The lowest BCUT2D eigenvalue weighted by Gasteiger charge is -2.14. The average molecular weight is 220 g/mol. The van der Waals surface area contributed by atoms with E-state index in [1.807, 2.05) is 0 Å². The van der Waals surface area contributed by atoms with Crippen molar-refractivity contribution in [2.75, 3.05) is 5.73 Å². The van der Waals surface area contributed by atoms with Crippen molar-refractivity contribution in [2.24, 2.45) is 0 Å². The zero-order chi connectivity index (χ0) is 12.3. The fraction of sp³-hybridized carbons (Fsp3) is 0.273. The van der Waals surface area contributed by atoms with Crippen molar-refractivity contribution in [2.45, 2.75) is 19.1 Å². The summed E-state index contributed by atoms with van der Waals surface area (Å²) >= 11 is 0. The summed E-state index contributed by atoms with van der Waals surface area (Å²) in [5.74, 6) is -0.145. The van der Waals surface area contributed by atoms with Gasteiger partial charge in [0.25, 0.3) is 0 Å². The highest BCUT2D eigenvalue weighted by molar-refractivity contribution is 5.95. The first-order valence-corrected chi connectivity index (χ1v) is 4.63. The van der Waals surface area contributed by atoms with E-state index >= 15 is 0 Å². The van der Waals surface area contributed by atoms with Crippen LogP contribution in [0.25, 0.3) is 0 Å². The fourth-order valence-corrected chi connectivity index (χ4v) is 1.30. The molecule has 0 bridgehead atoms. The molecule has 84 valence electrons. The predicted molar refractivity (Wildman–Crippen MR) is 57.4 cm³/mol. The lowest BCUT2D eigenvalue weighted by molar-refractivity contribution is 0.0533. The quantitative estimate of drug-likeness (QED) is 0.388. The first-order chi connectivity index (χ1) is 7.47. The summed E-state index contributed by atoms with van der Waals surface area (Å²) in [5, 5.41) is 27.2. The third-order valence-electron chi connectivity index (χ3n) is 2.24. The normalized spacial score (nSPS) is 13.9. The Bertz CT molecular complexity index is 451. The molecule has 1 aromatic rings. The maximum atomic E-state index is 11.0. The number of nitrogens with two attached hydrogens (primary N) is 1. The van der Waals surface area contributed by atoms with E-state index in [1.165, 1.54) is 31.2 Å². The van der Waals surface area contributed by atoms with Gasteiger partial charge in [-0.1, -0.05) is 12.1 Å². The van der Waals surface area contributed by atoms with E-state index in [0.29, 0.717) is 5.56 Å². The van der Waals surface area contributed by atoms with Crippen molar-refractivity contribution in [3.63, 3.8) is 0 Å². The van der Waals surface area contributed by atoms with Crippen molar-refractivity contribution in [1.29, 1.82) is 5.26 Å². The number of nitrogens with zero attached hydrogens (tertiary/aromatic N) is 1.